The lowest BCUT2D eigenvalue weighted by atomic mass is 10.1. The minimum Gasteiger partial charge on any atom is -0.371 e. The summed E-state index contributed by atoms with van der Waals surface area (Å²) in [4.78, 5) is 6.67. The molecule has 0 unspecified atom stereocenters. The van der Waals surface area contributed by atoms with E-state index >= 15 is 0 Å². The van der Waals surface area contributed by atoms with E-state index in [1.54, 1.807) is 18.3 Å². The highest BCUT2D eigenvalue weighted by molar-refractivity contribution is 7.88. The zero-order valence-corrected chi connectivity index (χ0v) is 14.3. The van der Waals surface area contributed by atoms with E-state index in [2.05, 4.69) is 14.6 Å². The van der Waals surface area contributed by atoms with Gasteiger partial charge in [0, 0.05) is 42.6 Å². The third-order valence-corrected chi connectivity index (χ3v) is 4.74. The summed E-state index contributed by atoms with van der Waals surface area (Å²) in [6.45, 7) is 2.10. The first-order valence-electron chi connectivity index (χ1n) is 7.87. The van der Waals surface area contributed by atoms with Crippen LogP contribution in [0.2, 0.25) is 0 Å². The highest BCUT2D eigenvalue weighted by Crippen LogP contribution is 2.29. The van der Waals surface area contributed by atoms with Gasteiger partial charge in [-0.3, -0.25) is 4.98 Å². The van der Waals surface area contributed by atoms with Gasteiger partial charge in [0.05, 0.1) is 11.9 Å². The van der Waals surface area contributed by atoms with Gasteiger partial charge in [-0.05, 0) is 43.2 Å². The van der Waals surface area contributed by atoms with Crippen LogP contribution in [-0.2, 0) is 16.6 Å². The van der Waals surface area contributed by atoms with Gasteiger partial charge >= 0.3 is 0 Å². The summed E-state index contributed by atoms with van der Waals surface area (Å²) < 4.78 is 38.4. The zero-order valence-electron chi connectivity index (χ0n) is 13.5. The normalized spacial score (nSPS) is 15.0. The van der Waals surface area contributed by atoms with Crippen LogP contribution in [0.5, 0.6) is 0 Å². The van der Waals surface area contributed by atoms with Gasteiger partial charge < -0.3 is 4.90 Å². The van der Waals surface area contributed by atoms with Crippen LogP contribution in [0.1, 0.15) is 18.4 Å². The molecule has 1 fully saturated rings. The molecule has 128 valence electrons. The SMILES string of the molecule is CS(=O)(=O)NCc1cnc(-c2ccc(F)cc2)cc1N1CCCC1. The largest absolute Gasteiger partial charge is 0.371 e. The standard InChI is InChI=1S/C17H20FN3O2S/c1-24(22,23)20-12-14-11-19-16(13-4-6-15(18)7-5-13)10-17(14)21-8-2-3-9-21/h4-7,10-11,20H,2-3,8-9,12H2,1H3. The topological polar surface area (TPSA) is 62.3 Å². The molecule has 0 bridgehead atoms. The molecular formula is C17H20FN3O2S. The molecule has 0 atom stereocenters. The molecule has 3 rings (SSSR count). The second-order valence-electron chi connectivity index (χ2n) is 5.99. The van der Waals surface area contributed by atoms with Crippen LogP contribution in [-0.4, -0.2) is 32.7 Å². The third kappa shape index (κ3) is 4.10. The summed E-state index contributed by atoms with van der Waals surface area (Å²) in [7, 11) is -3.27. The predicted octanol–water partition coefficient (Wildman–Crippen LogP) is 2.54. The van der Waals surface area contributed by atoms with E-state index in [-0.39, 0.29) is 12.4 Å². The van der Waals surface area contributed by atoms with Crippen molar-refractivity contribution in [1.82, 2.24) is 9.71 Å². The smallest absolute Gasteiger partial charge is 0.209 e. The summed E-state index contributed by atoms with van der Waals surface area (Å²) >= 11 is 0. The molecule has 1 aliphatic heterocycles. The molecule has 0 spiro atoms. The van der Waals surface area contributed by atoms with Crippen molar-refractivity contribution in [2.45, 2.75) is 19.4 Å². The van der Waals surface area contributed by atoms with Gasteiger partial charge in [0.1, 0.15) is 5.82 Å². The lowest BCUT2D eigenvalue weighted by molar-refractivity contribution is 0.587. The first-order valence-corrected chi connectivity index (χ1v) is 9.76. The number of anilines is 1. The molecule has 1 aliphatic rings. The zero-order chi connectivity index (χ0) is 17.2. The van der Waals surface area contributed by atoms with E-state index in [1.165, 1.54) is 12.1 Å². The van der Waals surface area contributed by atoms with Crippen LogP contribution < -0.4 is 9.62 Å². The van der Waals surface area contributed by atoms with Crippen LogP contribution in [0.4, 0.5) is 10.1 Å². The molecule has 1 aromatic carbocycles. The first-order chi connectivity index (χ1) is 11.4. The van der Waals surface area contributed by atoms with E-state index < -0.39 is 10.0 Å². The monoisotopic (exact) mass is 349 g/mol. The minimum absolute atomic E-state index is 0.210. The minimum atomic E-state index is -3.27. The van der Waals surface area contributed by atoms with Gasteiger partial charge in [-0.1, -0.05) is 0 Å². The maximum absolute atomic E-state index is 13.1. The number of halogens is 1. The molecule has 0 saturated carbocycles. The second-order valence-corrected chi connectivity index (χ2v) is 7.83. The maximum Gasteiger partial charge on any atom is 0.209 e. The Labute approximate surface area is 141 Å². The summed E-state index contributed by atoms with van der Waals surface area (Å²) in [6, 6.07) is 8.16. The maximum atomic E-state index is 13.1. The average Bonchev–Trinajstić information content (AvgIpc) is 3.07. The van der Waals surface area contributed by atoms with Gasteiger partial charge in [0.15, 0.2) is 0 Å². The van der Waals surface area contributed by atoms with Gasteiger partial charge in [-0.25, -0.2) is 17.5 Å². The molecule has 2 heterocycles. The van der Waals surface area contributed by atoms with Gasteiger partial charge in [0.25, 0.3) is 0 Å². The number of sulfonamides is 1. The average molecular weight is 349 g/mol. The number of nitrogens with zero attached hydrogens (tertiary/aromatic N) is 2. The Balaban J connectivity index is 1.95. The van der Waals surface area contributed by atoms with Crippen molar-refractivity contribution in [1.29, 1.82) is 0 Å². The molecule has 5 nitrogen and oxygen atoms in total. The van der Waals surface area contributed by atoms with Crippen LogP contribution in [0, 0.1) is 5.82 Å². The van der Waals surface area contributed by atoms with Crippen molar-refractivity contribution in [3.63, 3.8) is 0 Å². The van der Waals surface area contributed by atoms with Gasteiger partial charge in [-0.2, -0.15) is 0 Å². The second kappa shape index (κ2) is 6.86. The molecule has 0 radical (unpaired) electrons. The summed E-state index contributed by atoms with van der Waals surface area (Å²) in [5.41, 5.74) is 3.41. The summed E-state index contributed by atoms with van der Waals surface area (Å²) in [6.07, 6.45) is 5.08. The fraction of sp³-hybridized carbons (Fsp3) is 0.353. The van der Waals surface area contributed by atoms with Crippen LogP contribution in [0.15, 0.2) is 36.5 Å². The molecular weight excluding hydrogens is 329 g/mol. The number of nitrogens with one attached hydrogen (secondary N) is 1. The highest BCUT2D eigenvalue weighted by Gasteiger charge is 2.18. The first kappa shape index (κ1) is 16.9. The van der Waals surface area contributed by atoms with E-state index in [1.807, 2.05) is 6.07 Å². The third-order valence-electron chi connectivity index (χ3n) is 4.07. The van der Waals surface area contributed by atoms with Crippen molar-refractivity contribution in [2.75, 3.05) is 24.2 Å². The molecule has 0 amide bonds. The van der Waals surface area contributed by atoms with E-state index in [9.17, 15) is 12.8 Å². The molecule has 7 heteroatoms. The van der Waals surface area contributed by atoms with Crippen molar-refractivity contribution in [2.24, 2.45) is 0 Å². The Morgan fingerprint density at radius 2 is 1.88 bits per heavy atom. The van der Waals surface area contributed by atoms with E-state index in [4.69, 9.17) is 0 Å². The molecule has 24 heavy (non-hydrogen) atoms. The Morgan fingerprint density at radius 3 is 2.50 bits per heavy atom. The number of aromatic nitrogens is 1. The predicted molar refractivity (Wildman–Crippen MR) is 92.8 cm³/mol. The Bertz CT molecular complexity index is 816. The lowest BCUT2D eigenvalue weighted by Crippen LogP contribution is -2.25. The van der Waals surface area contributed by atoms with Crippen molar-refractivity contribution >= 4 is 15.7 Å². The summed E-state index contributed by atoms with van der Waals surface area (Å²) in [5.74, 6) is -0.285. The van der Waals surface area contributed by atoms with Gasteiger partial charge in [-0.15, -0.1) is 0 Å². The molecule has 1 saturated heterocycles. The summed E-state index contributed by atoms with van der Waals surface area (Å²) in [5, 5.41) is 0. The Kier molecular flexibility index (Phi) is 4.82. The van der Waals surface area contributed by atoms with Crippen LogP contribution in [0.25, 0.3) is 11.3 Å². The Morgan fingerprint density at radius 1 is 1.21 bits per heavy atom. The quantitative estimate of drug-likeness (QED) is 0.901. The number of hydrogen-bond acceptors (Lipinski definition) is 4. The number of pyridine rings is 1. The van der Waals surface area contributed by atoms with Gasteiger partial charge in [0.2, 0.25) is 10.0 Å². The van der Waals surface area contributed by atoms with E-state index in [0.717, 1.165) is 54.7 Å². The number of benzene rings is 1. The molecule has 1 N–H and O–H groups in total. The highest BCUT2D eigenvalue weighted by atomic mass is 32.2. The Hall–Kier alpha value is -1.99. The number of hydrogen-bond donors (Lipinski definition) is 1. The lowest BCUT2D eigenvalue weighted by Gasteiger charge is -2.22. The van der Waals surface area contributed by atoms with Crippen molar-refractivity contribution in [3.05, 3.63) is 47.9 Å². The molecule has 2 aromatic rings. The van der Waals surface area contributed by atoms with Crippen molar-refractivity contribution < 1.29 is 12.8 Å². The van der Waals surface area contributed by atoms with Crippen LogP contribution >= 0.6 is 0 Å². The fourth-order valence-electron chi connectivity index (χ4n) is 2.85. The molecule has 0 aliphatic carbocycles. The fourth-order valence-corrected chi connectivity index (χ4v) is 3.27. The van der Waals surface area contributed by atoms with Crippen molar-refractivity contribution in [3.8, 4) is 11.3 Å². The van der Waals surface area contributed by atoms with Crippen LogP contribution in [0.3, 0.4) is 0 Å². The number of rotatable bonds is 5. The molecule has 1 aromatic heterocycles. The van der Waals surface area contributed by atoms with E-state index in [0.29, 0.717) is 0 Å².